The number of ether oxygens (including phenoxy) is 2. The Morgan fingerprint density at radius 2 is 1.52 bits per heavy atom. The van der Waals surface area contributed by atoms with E-state index in [4.69, 9.17) is 0 Å². The Hall–Kier alpha value is -1.64. The molecule has 1 fully saturated rings. The Labute approximate surface area is 155 Å². The SMILES string of the molecule is C=C(C(=O)OC1(CC)CC(C)(C(F)(F)F)OC(O)(C(F)(F)F)C1(F)F)C(F)(F)F. The maximum Gasteiger partial charge on any atom is 0.449 e. The quantitative estimate of drug-likeness (QED) is 0.390. The molecule has 0 spiro atoms. The summed E-state index contributed by atoms with van der Waals surface area (Å²) in [7, 11) is 0. The molecule has 1 heterocycles. The average molecular weight is 454 g/mol. The number of esters is 1. The first-order valence-corrected chi connectivity index (χ1v) is 7.44. The highest BCUT2D eigenvalue weighted by Gasteiger charge is 2.85. The highest BCUT2D eigenvalue weighted by molar-refractivity contribution is 5.89. The minimum absolute atomic E-state index is 0.157. The molecule has 0 aromatic rings. The van der Waals surface area contributed by atoms with Crippen LogP contribution in [0.15, 0.2) is 12.2 Å². The van der Waals surface area contributed by atoms with Crippen LogP contribution in [-0.2, 0) is 14.3 Å². The van der Waals surface area contributed by atoms with Crippen molar-refractivity contribution in [3.63, 3.8) is 0 Å². The molecule has 3 atom stereocenters. The van der Waals surface area contributed by atoms with E-state index in [9.17, 15) is 58.2 Å². The molecule has 0 aliphatic carbocycles. The number of rotatable bonds is 3. The van der Waals surface area contributed by atoms with Crippen LogP contribution in [0.1, 0.15) is 26.7 Å². The predicted octanol–water partition coefficient (Wildman–Crippen LogP) is 4.42. The normalized spacial score (nSPS) is 33.3. The van der Waals surface area contributed by atoms with Crippen LogP contribution in [0.2, 0.25) is 0 Å². The van der Waals surface area contributed by atoms with E-state index < -0.39 is 65.8 Å². The van der Waals surface area contributed by atoms with Crippen LogP contribution in [0.3, 0.4) is 0 Å². The van der Waals surface area contributed by atoms with Crippen molar-refractivity contribution >= 4 is 5.97 Å². The van der Waals surface area contributed by atoms with Crippen LogP contribution in [0.5, 0.6) is 0 Å². The van der Waals surface area contributed by atoms with Crippen LogP contribution < -0.4 is 0 Å². The van der Waals surface area contributed by atoms with Gasteiger partial charge in [0.15, 0.2) is 11.2 Å². The summed E-state index contributed by atoms with van der Waals surface area (Å²) in [4.78, 5) is 11.6. The van der Waals surface area contributed by atoms with Crippen molar-refractivity contribution in [1.29, 1.82) is 0 Å². The first-order chi connectivity index (χ1) is 12.5. The van der Waals surface area contributed by atoms with Gasteiger partial charge in [0.2, 0.25) is 0 Å². The molecule has 0 aromatic heterocycles. The summed E-state index contributed by atoms with van der Waals surface area (Å²) in [6, 6.07) is 0. The molecule has 0 amide bonds. The van der Waals surface area contributed by atoms with Gasteiger partial charge in [0.25, 0.3) is 0 Å². The van der Waals surface area contributed by atoms with E-state index in [2.05, 4.69) is 16.1 Å². The van der Waals surface area contributed by atoms with Crippen LogP contribution in [-0.4, -0.2) is 52.5 Å². The zero-order chi connectivity index (χ0) is 23.5. The monoisotopic (exact) mass is 454 g/mol. The van der Waals surface area contributed by atoms with Gasteiger partial charge in [0, 0.05) is 6.42 Å². The lowest BCUT2D eigenvalue weighted by atomic mass is 9.74. The number of carbonyl (C=O) groups excluding carboxylic acids is 1. The third-order valence-electron chi connectivity index (χ3n) is 4.43. The molecule has 170 valence electrons. The lowest BCUT2D eigenvalue weighted by Crippen LogP contribution is -2.79. The second-order valence-electron chi connectivity index (χ2n) is 6.44. The van der Waals surface area contributed by atoms with E-state index in [0.29, 0.717) is 6.92 Å². The summed E-state index contributed by atoms with van der Waals surface area (Å²) in [5, 5.41) is 9.48. The predicted molar refractivity (Wildman–Crippen MR) is 70.4 cm³/mol. The van der Waals surface area contributed by atoms with E-state index >= 15 is 0 Å². The van der Waals surface area contributed by atoms with Gasteiger partial charge in [0.1, 0.15) is 5.57 Å². The van der Waals surface area contributed by atoms with Gasteiger partial charge in [-0.05, 0) is 13.3 Å². The van der Waals surface area contributed by atoms with Crippen molar-refractivity contribution in [2.45, 2.75) is 68.1 Å². The maximum atomic E-state index is 14.7. The molecule has 0 aromatic carbocycles. The van der Waals surface area contributed by atoms with E-state index in [1.165, 1.54) is 0 Å². The second-order valence-corrected chi connectivity index (χ2v) is 6.44. The van der Waals surface area contributed by atoms with Gasteiger partial charge in [-0.2, -0.15) is 48.3 Å². The maximum absolute atomic E-state index is 14.7. The van der Waals surface area contributed by atoms with Crippen molar-refractivity contribution in [2.75, 3.05) is 0 Å². The van der Waals surface area contributed by atoms with Gasteiger partial charge in [0.05, 0.1) is 0 Å². The summed E-state index contributed by atoms with van der Waals surface area (Å²) in [5.74, 6) is -14.4. The third-order valence-corrected chi connectivity index (χ3v) is 4.43. The highest BCUT2D eigenvalue weighted by atomic mass is 19.4. The van der Waals surface area contributed by atoms with Crippen molar-refractivity contribution in [1.82, 2.24) is 0 Å². The smallest absolute Gasteiger partial charge is 0.449 e. The zero-order valence-electron chi connectivity index (χ0n) is 14.5. The number of aliphatic hydroxyl groups is 1. The number of hydrogen-bond donors (Lipinski definition) is 1. The molecule has 1 aliphatic rings. The number of carbonyl (C=O) groups is 1. The molecule has 1 aliphatic heterocycles. The molecule has 15 heteroatoms. The van der Waals surface area contributed by atoms with E-state index in [1.807, 2.05) is 0 Å². The minimum Gasteiger partial charge on any atom is -0.449 e. The van der Waals surface area contributed by atoms with Gasteiger partial charge in [-0.1, -0.05) is 13.5 Å². The molecule has 4 nitrogen and oxygen atoms in total. The van der Waals surface area contributed by atoms with Crippen molar-refractivity contribution in [3.05, 3.63) is 12.2 Å². The molecule has 3 unspecified atom stereocenters. The summed E-state index contributed by atoms with van der Waals surface area (Å²) >= 11 is 0. The molecule has 29 heavy (non-hydrogen) atoms. The molecular formula is C14H13F11O4. The fourth-order valence-corrected chi connectivity index (χ4v) is 2.66. The fraction of sp³-hybridized carbons (Fsp3) is 0.786. The summed E-state index contributed by atoms with van der Waals surface area (Å²) < 4.78 is 154. The third kappa shape index (κ3) is 3.78. The Morgan fingerprint density at radius 1 is 1.07 bits per heavy atom. The Morgan fingerprint density at radius 3 is 1.83 bits per heavy atom. The lowest BCUT2D eigenvalue weighted by molar-refractivity contribution is -0.515. The number of halogens is 11. The molecule has 1 rings (SSSR count). The molecule has 1 N–H and O–H groups in total. The molecule has 0 saturated carbocycles. The Balaban J connectivity index is 3.72. The largest absolute Gasteiger partial charge is 0.449 e. The van der Waals surface area contributed by atoms with Gasteiger partial charge >= 0.3 is 36.2 Å². The van der Waals surface area contributed by atoms with Crippen molar-refractivity contribution in [2.24, 2.45) is 0 Å². The van der Waals surface area contributed by atoms with Crippen LogP contribution in [0, 0.1) is 0 Å². The zero-order valence-corrected chi connectivity index (χ0v) is 14.5. The van der Waals surface area contributed by atoms with Crippen molar-refractivity contribution in [3.8, 4) is 0 Å². The molecular weight excluding hydrogens is 441 g/mol. The first kappa shape index (κ1) is 25.4. The molecule has 1 saturated heterocycles. The first-order valence-electron chi connectivity index (χ1n) is 7.44. The minimum atomic E-state index is -6.57. The summed E-state index contributed by atoms with van der Waals surface area (Å²) in [6.07, 6.45) is -21.8. The van der Waals surface area contributed by atoms with E-state index in [-0.39, 0.29) is 6.92 Å². The highest BCUT2D eigenvalue weighted by Crippen LogP contribution is 2.61. The number of hydrogen-bond acceptors (Lipinski definition) is 4. The van der Waals surface area contributed by atoms with Crippen LogP contribution >= 0.6 is 0 Å². The van der Waals surface area contributed by atoms with Gasteiger partial charge in [-0.3, -0.25) is 0 Å². The summed E-state index contributed by atoms with van der Waals surface area (Å²) in [5.41, 5.74) is -10.8. The Bertz CT molecular complexity index is 681. The fourth-order valence-electron chi connectivity index (χ4n) is 2.66. The molecule has 0 radical (unpaired) electrons. The number of alkyl halides is 11. The van der Waals surface area contributed by atoms with E-state index in [1.54, 1.807) is 0 Å². The van der Waals surface area contributed by atoms with Crippen molar-refractivity contribution < 1.29 is 67.7 Å². The summed E-state index contributed by atoms with van der Waals surface area (Å²) in [6.45, 7) is 2.56. The second kappa shape index (κ2) is 6.68. The average Bonchev–Trinajstić information content (AvgIpc) is 2.48. The van der Waals surface area contributed by atoms with Gasteiger partial charge in [-0.15, -0.1) is 0 Å². The standard InChI is InChI=1S/C14H13F11O4/c1-4-9(28-7(26)6(2)10(15,16)17)5-8(3,13(20,21)22)29-12(27,11(9,18)19)14(23,24)25/h27H,2,4-5H2,1,3H3. The topological polar surface area (TPSA) is 55.8 Å². The van der Waals surface area contributed by atoms with Crippen LogP contribution in [0.4, 0.5) is 48.3 Å². The van der Waals surface area contributed by atoms with Crippen LogP contribution in [0.25, 0.3) is 0 Å². The van der Waals surface area contributed by atoms with E-state index in [0.717, 1.165) is 0 Å². The Kier molecular flexibility index (Phi) is 5.85. The van der Waals surface area contributed by atoms with Gasteiger partial charge in [-0.25, -0.2) is 4.79 Å². The molecule has 0 bridgehead atoms. The van der Waals surface area contributed by atoms with Gasteiger partial charge < -0.3 is 14.6 Å². The lowest BCUT2D eigenvalue weighted by Gasteiger charge is -2.56.